The zero-order valence-electron chi connectivity index (χ0n) is 18.5. The van der Waals surface area contributed by atoms with Gasteiger partial charge in [-0.25, -0.2) is 4.98 Å². The molecule has 7 nitrogen and oxygen atoms in total. The largest absolute Gasteiger partial charge is 0.490 e. The van der Waals surface area contributed by atoms with Crippen LogP contribution in [0.25, 0.3) is 0 Å². The average Bonchev–Trinajstić information content (AvgIpc) is 2.85. The summed E-state index contributed by atoms with van der Waals surface area (Å²) in [6, 6.07) is 11.0. The first kappa shape index (κ1) is 23.3. The zero-order valence-corrected chi connectivity index (χ0v) is 19.3. The van der Waals surface area contributed by atoms with E-state index in [-0.39, 0.29) is 24.7 Å². The maximum atomic E-state index is 12.7. The number of benzene rings is 1. The fourth-order valence-electron chi connectivity index (χ4n) is 4.52. The molecule has 0 spiro atoms. The van der Waals surface area contributed by atoms with Crippen molar-refractivity contribution >= 4 is 23.2 Å². The van der Waals surface area contributed by atoms with E-state index in [9.17, 15) is 9.90 Å². The third-order valence-corrected chi connectivity index (χ3v) is 6.90. The van der Waals surface area contributed by atoms with Crippen LogP contribution in [0.2, 0.25) is 5.02 Å². The summed E-state index contributed by atoms with van der Waals surface area (Å²) in [4.78, 5) is 19.3. The van der Waals surface area contributed by atoms with Crippen molar-refractivity contribution in [3.05, 3.63) is 52.8 Å². The number of nitriles is 1. The Bertz CT molecular complexity index is 992. The summed E-state index contributed by atoms with van der Waals surface area (Å²) in [6.07, 6.45) is 7.11. The van der Waals surface area contributed by atoms with Gasteiger partial charge in [0.1, 0.15) is 17.5 Å². The van der Waals surface area contributed by atoms with Crippen LogP contribution in [0, 0.1) is 17.2 Å². The number of carbonyl (C=O) groups is 1. The lowest BCUT2D eigenvalue weighted by Crippen LogP contribution is -2.40. The number of nitrogens with one attached hydrogen (secondary N) is 1. The number of aliphatic hydroxyl groups excluding tert-OH is 1. The summed E-state index contributed by atoms with van der Waals surface area (Å²) in [5.74, 6) is 0.904. The van der Waals surface area contributed by atoms with E-state index in [1.54, 1.807) is 30.5 Å². The molecule has 174 valence electrons. The third kappa shape index (κ3) is 5.95. The number of carbonyl (C=O) groups excluding carboxylic acids is 1. The van der Waals surface area contributed by atoms with E-state index in [1.165, 1.54) is 0 Å². The van der Waals surface area contributed by atoms with E-state index in [0.717, 1.165) is 57.3 Å². The smallest absolute Gasteiger partial charge is 0.270 e. The molecule has 1 aliphatic carbocycles. The summed E-state index contributed by atoms with van der Waals surface area (Å²) in [5, 5.41) is 21.8. The van der Waals surface area contributed by atoms with Gasteiger partial charge in [0.25, 0.3) is 5.91 Å². The third-order valence-electron chi connectivity index (χ3n) is 6.59. The number of halogens is 1. The van der Waals surface area contributed by atoms with Crippen LogP contribution >= 0.6 is 11.6 Å². The molecule has 0 unspecified atom stereocenters. The van der Waals surface area contributed by atoms with Crippen molar-refractivity contribution in [2.75, 3.05) is 24.6 Å². The number of piperidine rings is 1. The highest BCUT2D eigenvalue weighted by molar-refractivity contribution is 6.31. The SMILES string of the molecule is N#Cc1ccc(O[C@H]2CC[C@H](NC(=O)c3ccc(N4CCC(CO)CC4)cn3)CC2)cc1Cl. The van der Waals surface area contributed by atoms with Crippen LogP contribution in [0.5, 0.6) is 5.75 Å². The summed E-state index contributed by atoms with van der Waals surface area (Å²) in [5.41, 5.74) is 1.88. The minimum atomic E-state index is -0.149. The van der Waals surface area contributed by atoms with Crippen LogP contribution in [-0.4, -0.2) is 47.8 Å². The second-order valence-electron chi connectivity index (χ2n) is 8.83. The number of nitrogens with zero attached hydrogens (tertiary/aromatic N) is 3. The number of aromatic nitrogens is 1. The van der Waals surface area contributed by atoms with E-state index in [1.807, 2.05) is 12.1 Å². The quantitative estimate of drug-likeness (QED) is 0.666. The van der Waals surface area contributed by atoms with Gasteiger partial charge in [0.15, 0.2) is 0 Å². The van der Waals surface area contributed by atoms with Crippen molar-refractivity contribution in [3.8, 4) is 11.8 Å². The molecule has 0 atom stereocenters. The number of pyridine rings is 1. The lowest BCUT2D eigenvalue weighted by atomic mass is 9.92. The van der Waals surface area contributed by atoms with Crippen molar-refractivity contribution in [2.45, 2.75) is 50.7 Å². The molecule has 1 aromatic heterocycles. The number of anilines is 1. The second kappa shape index (κ2) is 10.9. The van der Waals surface area contributed by atoms with Crippen molar-refractivity contribution in [2.24, 2.45) is 5.92 Å². The molecular formula is C25H29ClN4O3. The number of rotatable bonds is 6. The highest BCUT2D eigenvalue weighted by atomic mass is 35.5. The molecule has 1 saturated heterocycles. The van der Waals surface area contributed by atoms with Crippen LogP contribution < -0.4 is 15.0 Å². The Morgan fingerprint density at radius 2 is 1.94 bits per heavy atom. The van der Waals surface area contributed by atoms with E-state index < -0.39 is 0 Å². The molecule has 1 amide bonds. The van der Waals surface area contributed by atoms with Gasteiger partial charge in [0, 0.05) is 31.8 Å². The maximum Gasteiger partial charge on any atom is 0.270 e. The van der Waals surface area contributed by atoms with Crippen LogP contribution in [0.3, 0.4) is 0 Å². The Morgan fingerprint density at radius 3 is 2.55 bits per heavy atom. The van der Waals surface area contributed by atoms with Crippen molar-refractivity contribution in [1.82, 2.24) is 10.3 Å². The molecule has 2 heterocycles. The van der Waals surface area contributed by atoms with Gasteiger partial charge in [-0.2, -0.15) is 5.26 Å². The maximum absolute atomic E-state index is 12.7. The Morgan fingerprint density at radius 1 is 1.18 bits per heavy atom. The highest BCUT2D eigenvalue weighted by Gasteiger charge is 2.25. The predicted molar refractivity (Wildman–Crippen MR) is 127 cm³/mol. The first-order valence-electron chi connectivity index (χ1n) is 11.5. The Labute approximate surface area is 199 Å². The van der Waals surface area contributed by atoms with Gasteiger partial charge in [-0.1, -0.05) is 11.6 Å². The highest BCUT2D eigenvalue weighted by Crippen LogP contribution is 2.27. The van der Waals surface area contributed by atoms with E-state index in [0.29, 0.717) is 27.9 Å². The van der Waals surface area contributed by atoms with Gasteiger partial charge in [-0.3, -0.25) is 4.79 Å². The topological polar surface area (TPSA) is 98.5 Å². The first-order chi connectivity index (χ1) is 16.1. The fourth-order valence-corrected chi connectivity index (χ4v) is 4.73. The molecule has 0 radical (unpaired) electrons. The van der Waals surface area contributed by atoms with Crippen LogP contribution in [0.1, 0.15) is 54.6 Å². The molecule has 2 aromatic rings. The summed E-state index contributed by atoms with van der Waals surface area (Å²) in [6.45, 7) is 2.06. The predicted octanol–water partition coefficient (Wildman–Crippen LogP) is 3.94. The summed E-state index contributed by atoms with van der Waals surface area (Å²) < 4.78 is 6.02. The molecule has 2 fully saturated rings. The van der Waals surface area contributed by atoms with Crippen molar-refractivity contribution in [3.63, 3.8) is 0 Å². The molecule has 1 aliphatic heterocycles. The van der Waals surface area contributed by atoms with Crippen molar-refractivity contribution < 1.29 is 14.6 Å². The van der Waals surface area contributed by atoms with Crippen molar-refractivity contribution in [1.29, 1.82) is 5.26 Å². The normalized spacial score (nSPS) is 21.3. The Kier molecular flexibility index (Phi) is 7.69. The molecule has 8 heteroatoms. The summed E-state index contributed by atoms with van der Waals surface area (Å²) in [7, 11) is 0. The molecular weight excluding hydrogens is 440 g/mol. The number of amides is 1. The molecule has 33 heavy (non-hydrogen) atoms. The van der Waals surface area contributed by atoms with E-state index >= 15 is 0 Å². The Hall–Kier alpha value is -2.82. The first-order valence-corrected chi connectivity index (χ1v) is 11.9. The average molecular weight is 469 g/mol. The van der Waals surface area contributed by atoms with Crippen LogP contribution in [0.15, 0.2) is 36.5 Å². The van der Waals surface area contributed by atoms with Gasteiger partial charge in [0.05, 0.1) is 28.6 Å². The molecule has 4 rings (SSSR count). The monoisotopic (exact) mass is 468 g/mol. The van der Waals surface area contributed by atoms with Gasteiger partial charge >= 0.3 is 0 Å². The lowest BCUT2D eigenvalue weighted by molar-refractivity contribution is 0.0889. The zero-order chi connectivity index (χ0) is 23.2. The van der Waals surface area contributed by atoms with Gasteiger partial charge < -0.3 is 20.1 Å². The molecule has 2 N–H and O–H groups in total. The van der Waals surface area contributed by atoms with Gasteiger partial charge in [-0.05, 0) is 68.7 Å². The van der Waals surface area contributed by atoms with Gasteiger partial charge in [-0.15, -0.1) is 0 Å². The standard InChI is InChI=1S/C25H29ClN4O3/c26-23-13-22(5-1-18(23)14-27)33-21-6-2-19(3-7-21)29-25(32)24-8-4-20(15-28-24)30-11-9-17(16-31)10-12-30/h1,4-5,8,13,15,17,19,21,31H,2-3,6-7,9-12,16H2,(H,29,32)/t19-,21-. The Balaban J connectivity index is 1.24. The van der Waals surface area contributed by atoms with Crippen LogP contribution in [-0.2, 0) is 0 Å². The van der Waals surface area contributed by atoms with Crippen LogP contribution in [0.4, 0.5) is 5.69 Å². The van der Waals surface area contributed by atoms with E-state index in [2.05, 4.69) is 15.2 Å². The minimum absolute atomic E-state index is 0.0644. The number of hydrogen-bond acceptors (Lipinski definition) is 6. The number of ether oxygens (including phenoxy) is 1. The molecule has 1 aromatic carbocycles. The fraction of sp³-hybridized carbons (Fsp3) is 0.480. The van der Waals surface area contributed by atoms with E-state index in [4.69, 9.17) is 21.6 Å². The number of aliphatic hydroxyl groups is 1. The molecule has 2 aliphatic rings. The second-order valence-corrected chi connectivity index (χ2v) is 9.24. The summed E-state index contributed by atoms with van der Waals surface area (Å²) >= 11 is 6.08. The molecule has 1 saturated carbocycles. The minimum Gasteiger partial charge on any atom is -0.490 e. The number of hydrogen-bond donors (Lipinski definition) is 2. The molecule has 0 bridgehead atoms. The lowest BCUT2D eigenvalue weighted by Gasteiger charge is -2.32. The van der Waals surface area contributed by atoms with Gasteiger partial charge in [0.2, 0.25) is 0 Å².